The second-order valence-corrected chi connectivity index (χ2v) is 2.91. The Kier molecular flexibility index (Phi) is 1.44. The standard InChI is InChI=1S/C7H11N3O/c1-4(11)6-7-5(2-8-6)3-9-10-7/h3-4,6,8,11H,2H2,1H3,(H,9,10). The summed E-state index contributed by atoms with van der Waals surface area (Å²) in [5.74, 6) is 0. The van der Waals surface area contributed by atoms with Crippen LogP contribution in [-0.2, 0) is 6.54 Å². The Morgan fingerprint density at radius 1 is 1.82 bits per heavy atom. The zero-order chi connectivity index (χ0) is 7.84. The Morgan fingerprint density at radius 2 is 2.64 bits per heavy atom. The maximum absolute atomic E-state index is 9.31. The Hall–Kier alpha value is -0.870. The Morgan fingerprint density at radius 3 is 3.36 bits per heavy atom. The molecule has 0 bridgehead atoms. The molecule has 1 aromatic heterocycles. The lowest BCUT2D eigenvalue weighted by Gasteiger charge is -2.12. The van der Waals surface area contributed by atoms with E-state index in [1.807, 2.05) is 0 Å². The zero-order valence-corrected chi connectivity index (χ0v) is 6.33. The van der Waals surface area contributed by atoms with Gasteiger partial charge in [0, 0.05) is 12.1 Å². The van der Waals surface area contributed by atoms with Crippen molar-refractivity contribution in [3.8, 4) is 0 Å². The van der Waals surface area contributed by atoms with Gasteiger partial charge in [0.05, 0.1) is 24.0 Å². The number of nitrogens with zero attached hydrogens (tertiary/aromatic N) is 1. The molecule has 0 aliphatic carbocycles. The van der Waals surface area contributed by atoms with Crippen LogP contribution in [0.3, 0.4) is 0 Å². The molecule has 0 radical (unpaired) electrons. The second-order valence-electron chi connectivity index (χ2n) is 2.91. The molecule has 3 N–H and O–H groups in total. The quantitative estimate of drug-likeness (QED) is 0.529. The van der Waals surface area contributed by atoms with Crippen LogP contribution < -0.4 is 5.32 Å². The van der Waals surface area contributed by atoms with Crippen molar-refractivity contribution in [3.05, 3.63) is 17.5 Å². The summed E-state index contributed by atoms with van der Waals surface area (Å²) in [6, 6.07) is 0.0347. The molecule has 4 heteroatoms. The molecule has 1 aromatic rings. The van der Waals surface area contributed by atoms with Crippen molar-refractivity contribution in [2.75, 3.05) is 0 Å². The van der Waals surface area contributed by atoms with E-state index >= 15 is 0 Å². The molecule has 0 aromatic carbocycles. The molecule has 2 heterocycles. The summed E-state index contributed by atoms with van der Waals surface area (Å²) in [6.45, 7) is 2.58. The summed E-state index contributed by atoms with van der Waals surface area (Å²) in [5.41, 5.74) is 2.19. The fourth-order valence-electron chi connectivity index (χ4n) is 1.46. The van der Waals surface area contributed by atoms with E-state index in [9.17, 15) is 5.11 Å². The van der Waals surface area contributed by atoms with Gasteiger partial charge in [-0.3, -0.25) is 5.10 Å². The van der Waals surface area contributed by atoms with Gasteiger partial charge in [0.2, 0.25) is 0 Å². The largest absolute Gasteiger partial charge is 0.391 e. The number of aliphatic hydroxyl groups excluding tert-OH is 1. The first-order valence-corrected chi connectivity index (χ1v) is 3.72. The minimum Gasteiger partial charge on any atom is -0.391 e. The molecule has 0 amide bonds. The van der Waals surface area contributed by atoms with Crippen molar-refractivity contribution in [1.29, 1.82) is 0 Å². The highest BCUT2D eigenvalue weighted by Gasteiger charge is 2.26. The number of rotatable bonds is 1. The van der Waals surface area contributed by atoms with Crippen LogP contribution in [0.5, 0.6) is 0 Å². The average molecular weight is 153 g/mol. The average Bonchev–Trinajstić information content (AvgIpc) is 2.41. The molecular weight excluding hydrogens is 142 g/mol. The predicted molar refractivity (Wildman–Crippen MR) is 39.8 cm³/mol. The monoisotopic (exact) mass is 153 g/mol. The van der Waals surface area contributed by atoms with Gasteiger partial charge >= 0.3 is 0 Å². The highest BCUT2D eigenvalue weighted by molar-refractivity contribution is 5.25. The van der Waals surface area contributed by atoms with Crippen LogP contribution in [0.2, 0.25) is 0 Å². The molecule has 2 atom stereocenters. The Bertz CT molecular complexity index is 256. The maximum Gasteiger partial charge on any atom is 0.0756 e. The SMILES string of the molecule is CC(O)C1NCc2cn[nH]c21. The minimum absolute atomic E-state index is 0.0347. The molecule has 0 saturated heterocycles. The van der Waals surface area contributed by atoms with Crippen LogP contribution in [0, 0.1) is 0 Å². The molecule has 1 aliphatic heterocycles. The Balaban J connectivity index is 2.31. The molecule has 0 spiro atoms. The normalized spacial score (nSPS) is 25.1. The van der Waals surface area contributed by atoms with Crippen LogP contribution in [0.4, 0.5) is 0 Å². The lowest BCUT2D eigenvalue weighted by Crippen LogP contribution is -2.24. The summed E-state index contributed by atoms with van der Waals surface area (Å²) >= 11 is 0. The summed E-state index contributed by atoms with van der Waals surface area (Å²) < 4.78 is 0. The highest BCUT2D eigenvalue weighted by Crippen LogP contribution is 2.24. The number of aromatic nitrogens is 2. The molecule has 4 nitrogen and oxygen atoms in total. The van der Waals surface area contributed by atoms with Gasteiger partial charge in [-0.05, 0) is 6.92 Å². The molecule has 0 fully saturated rings. The first kappa shape index (κ1) is 6.82. The van der Waals surface area contributed by atoms with Crippen molar-refractivity contribution in [1.82, 2.24) is 15.5 Å². The van der Waals surface area contributed by atoms with E-state index in [-0.39, 0.29) is 12.1 Å². The van der Waals surface area contributed by atoms with Crippen LogP contribution in [0.25, 0.3) is 0 Å². The summed E-state index contributed by atoms with van der Waals surface area (Å²) in [4.78, 5) is 0. The number of nitrogens with one attached hydrogen (secondary N) is 2. The molecular formula is C7H11N3O. The summed E-state index contributed by atoms with van der Waals surface area (Å²) in [6.07, 6.45) is 1.43. The highest BCUT2D eigenvalue weighted by atomic mass is 16.3. The molecule has 11 heavy (non-hydrogen) atoms. The van der Waals surface area contributed by atoms with E-state index < -0.39 is 0 Å². The van der Waals surface area contributed by atoms with E-state index in [0.29, 0.717) is 0 Å². The molecule has 1 aliphatic rings. The van der Waals surface area contributed by atoms with Gasteiger partial charge in [-0.15, -0.1) is 0 Å². The second kappa shape index (κ2) is 2.32. The van der Waals surface area contributed by atoms with Gasteiger partial charge in [0.25, 0.3) is 0 Å². The number of H-pyrrole nitrogens is 1. The fraction of sp³-hybridized carbons (Fsp3) is 0.571. The number of aromatic amines is 1. The van der Waals surface area contributed by atoms with E-state index in [1.54, 1.807) is 13.1 Å². The van der Waals surface area contributed by atoms with Gasteiger partial charge in [-0.2, -0.15) is 5.10 Å². The molecule has 2 unspecified atom stereocenters. The van der Waals surface area contributed by atoms with Crippen molar-refractivity contribution < 1.29 is 5.11 Å². The van der Waals surface area contributed by atoms with Crippen molar-refractivity contribution in [3.63, 3.8) is 0 Å². The first-order valence-electron chi connectivity index (χ1n) is 3.72. The van der Waals surface area contributed by atoms with E-state index in [1.165, 1.54) is 0 Å². The topological polar surface area (TPSA) is 60.9 Å². The van der Waals surface area contributed by atoms with E-state index in [4.69, 9.17) is 0 Å². The zero-order valence-electron chi connectivity index (χ0n) is 6.33. The Labute approximate surface area is 64.6 Å². The van der Waals surface area contributed by atoms with Crippen LogP contribution in [0.15, 0.2) is 6.20 Å². The lowest BCUT2D eigenvalue weighted by atomic mass is 10.1. The summed E-state index contributed by atoms with van der Waals surface area (Å²) in [7, 11) is 0. The molecule has 60 valence electrons. The van der Waals surface area contributed by atoms with Crippen LogP contribution in [0.1, 0.15) is 24.2 Å². The van der Waals surface area contributed by atoms with Gasteiger partial charge in [0.1, 0.15) is 0 Å². The third kappa shape index (κ3) is 0.948. The number of aliphatic hydroxyl groups is 1. The van der Waals surface area contributed by atoms with Gasteiger partial charge in [-0.25, -0.2) is 0 Å². The molecule has 2 rings (SSSR count). The number of hydrogen-bond acceptors (Lipinski definition) is 3. The van der Waals surface area contributed by atoms with Crippen LogP contribution >= 0.6 is 0 Å². The van der Waals surface area contributed by atoms with Gasteiger partial charge in [-0.1, -0.05) is 0 Å². The van der Waals surface area contributed by atoms with Gasteiger partial charge < -0.3 is 10.4 Å². The predicted octanol–water partition coefficient (Wildman–Crippen LogP) is -0.0652. The van der Waals surface area contributed by atoms with Crippen LogP contribution in [-0.4, -0.2) is 21.4 Å². The number of hydrogen-bond donors (Lipinski definition) is 3. The minimum atomic E-state index is -0.364. The lowest BCUT2D eigenvalue weighted by molar-refractivity contribution is 0.149. The third-order valence-electron chi connectivity index (χ3n) is 2.06. The number of fused-ring (bicyclic) bond motifs is 1. The van der Waals surface area contributed by atoms with Crippen molar-refractivity contribution in [2.45, 2.75) is 25.6 Å². The maximum atomic E-state index is 9.31. The fourth-order valence-corrected chi connectivity index (χ4v) is 1.46. The smallest absolute Gasteiger partial charge is 0.0756 e. The first-order chi connectivity index (χ1) is 5.29. The summed E-state index contributed by atoms with van der Waals surface area (Å²) in [5, 5.41) is 19.3. The van der Waals surface area contributed by atoms with E-state index in [2.05, 4.69) is 15.5 Å². The third-order valence-corrected chi connectivity index (χ3v) is 2.06. The van der Waals surface area contributed by atoms with Crippen molar-refractivity contribution >= 4 is 0 Å². The van der Waals surface area contributed by atoms with Crippen molar-refractivity contribution in [2.24, 2.45) is 0 Å². The molecule has 0 saturated carbocycles. The van der Waals surface area contributed by atoms with Gasteiger partial charge in [0.15, 0.2) is 0 Å². The van der Waals surface area contributed by atoms with E-state index in [0.717, 1.165) is 17.8 Å².